The highest BCUT2D eigenvalue weighted by Gasteiger charge is 2.21. The number of sulfonamides is 1. The molecule has 2 aromatic carbocycles. The molecule has 0 aliphatic heterocycles. The first kappa shape index (κ1) is 17.0. The van der Waals surface area contributed by atoms with Gasteiger partial charge in [-0.2, -0.15) is 0 Å². The number of ether oxygens (including phenoxy) is 1. The predicted molar refractivity (Wildman–Crippen MR) is 85.3 cm³/mol. The van der Waals surface area contributed by atoms with E-state index in [-0.39, 0.29) is 22.8 Å². The molecule has 6 nitrogen and oxygen atoms in total. The Kier molecular flexibility index (Phi) is 5.36. The van der Waals surface area contributed by atoms with Crippen LogP contribution in [-0.4, -0.2) is 33.1 Å². The summed E-state index contributed by atoms with van der Waals surface area (Å²) in [5.41, 5.74) is 0.885. The average Bonchev–Trinajstić information content (AvgIpc) is 2.55. The molecule has 0 aliphatic carbocycles. The first-order valence-electron chi connectivity index (χ1n) is 6.89. The summed E-state index contributed by atoms with van der Waals surface area (Å²) < 4.78 is 32.3. The van der Waals surface area contributed by atoms with E-state index in [4.69, 9.17) is 9.84 Å². The summed E-state index contributed by atoms with van der Waals surface area (Å²) in [6, 6.07) is 13.2. The van der Waals surface area contributed by atoms with E-state index in [0.29, 0.717) is 6.42 Å². The lowest BCUT2D eigenvalue weighted by Gasteiger charge is -2.11. The molecule has 23 heavy (non-hydrogen) atoms. The van der Waals surface area contributed by atoms with Crippen LogP contribution < -0.4 is 9.46 Å². The lowest BCUT2D eigenvalue weighted by Crippen LogP contribution is -2.26. The van der Waals surface area contributed by atoms with E-state index < -0.39 is 16.0 Å². The molecule has 0 saturated heterocycles. The Labute approximate surface area is 134 Å². The van der Waals surface area contributed by atoms with Crippen molar-refractivity contribution in [3.63, 3.8) is 0 Å². The molecule has 0 radical (unpaired) electrons. The van der Waals surface area contributed by atoms with Crippen LogP contribution in [-0.2, 0) is 16.4 Å². The summed E-state index contributed by atoms with van der Waals surface area (Å²) in [4.78, 5) is 10.8. The maximum atomic E-state index is 12.4. The molecule has 0 spiro atoms. The van der Waals surface area contributed by atoms with Gasteiger partial charge in [-0.3, -0.25) is 0 Å². The van der Waals surface area contributed by atoms with Gasteiger partial charge in [0.15, 0.2) is 0 Å². The maximum Gasteiger partial charge on any atom is 0.335 e. The lowest BCUT2D eigenvalue weighted by molar-refractivity contribution is 0.0696. The number of aromatic carboxylic acids is 1. The van der Waals surface area contributed by atoms with Gasteiger partial charge in [-0.15, -0.1) is 0 Å². The Morgan fingerprint density at radius 1 is 1.17 bits per heavy atom. The molecule has 2 aromatic rings. The largest absolute Gasteiger partial charge is 0.495 e. The molecule has 0 heterocycles. The topological polar surface area (TPSA) is 92.7 Å². The SMILES string of the molecule is COc1ccc(C(=O)O)cc1S(=O)(=O)NCCc1ccccc1. The van der Waals surface area contributed by atoms with Crippen molar-refractivity contribution in [2.45, 2.75) is 11.3 Å². The molecule has 2 rings (SSSR count). The fraction of sp³-hybridized carbons (Fsp3) is 0.188. The van der Waals surface area contributed by atoms with Gasteiger partial charge in [0.2, 0.25) is 10.0 Å². The van der Waals surface area contributed by atoms with Crippen molar-refractivity contribution < 1.29 is 23.1 Å². The second kappa shape index (κ2) is 7.26. The number of hydrogen-bond acceptors (Lipinski definition) is 4. The monoisotopic (exact) mass is 335 g/mol. The van der Waals surface area contributed by atoms with Crippen LogP contribution in [0.1, 0.15) is 15.9 Å². The van der Waals surface area contributed by atoms with Crippen molar-refractivity contribution in [2.24, 2.45) is 0 Å². The Morgan fingerprint density at radius 3 is 2.48 bits per heavy atom. The zero-order valence-electron chi connectivity index (χ0n) is 12.5. The Balaban J connectivity index is 2.18. The predicted octanol–water partition coefficient (Wildman–Crippen LogP) is 1.91. The third kappa shape index (κ3) is 4.30. The molecule has 0 bridgehead atoms. The van der Waals surface area contributed by atoms with Gasteiger partial charge in [-0.05, 0) is 30.2 Å². The smallest absolute Gasteiger partial charge is 0.335 e. The fourth-order valence-electron chi connectivity index (χ4n) is 2.07. The van der Waals surface area contributed by atoms with E-state index in [1.54, 1.807) is 0 Å². The van der Waals surface area contributed by atoms with Crippen LogP contribution >= 0.6 is 0 Å². The van der Waals surface area contributed by atoms with Crippen molar-refractivity contribution in [3.05, 3.63) is 59.7 Å². The Morgan fingerprint density at radius 2 is 1.87 bits per heavy atom. The van der Waals surface area contributed by atoms with Gasteiger partial charge >= 0.3 is 5.97 Å². The zero-order valence-corrected chi connectivity index (χ0v) is 13.3. The number of carbonyl (C=O) groups is 1. The van der Waals surface area contributed by atoms with Crippen LogP contribution in [0.15, 0.2) is 53.4 Å². The summed E-state index contributed by atoms with van der Waals surface area (Å²) in [5.74, 6) is -1.10. The number of carboxylic acid groups (broad SMARTS) is 1. The fourth-order valence-corrected chi connectivity index (χ4v) is 3.30. The van der Waals surface area contributed by atoms with Crippen molar-refractivity contribution in [1.29, 1.82) is 0 Å². The number of hydrogen-bond donors (Lipinski definition) is 2. The summed E-state index contributed by atoms with van der Waals surface area (Å²) in [7, 11) is -2.54. The Hall–Kier alpha value is -2.38. The minimum Gasteiger partial charge on any atom is -0.495 e. The summed E-state index contributed by atoms with van der Waals surface area (Å²) in [5, 5.41) is 9.01. The third-order valence-electron chi connectivity index (χ3n) is 3.25. The highest BCUT2D eigenvalue weighted by Crippen LogP contribution is 2.24. The molecule has 2 N–H and O–H groups in total. The van der Waals surface area contributed by atoms with Crippen molar-refractivity contribution in [2.75, 3.05) is 13.7 Å². The van der Waals surface area contributed by atoms with Crippen molar-refractivity contribution >= 4 is 16.0 Å². The van der Waals surface area contributed by atoms with Gasteiger partial charge in [-0.25, -0.2) is 17.9 Å². The summed E-state index contributed by atoms with van der Waals surface area (Å²) in [6.07, 6.45) is 0.529. The van der Waals surface area contributed by atoms with E-state index in [0.717, 1.165) is 11.6 Å². The molecule has 0 saturated carbocycles. The quantitative estimate of drug-likeness (QED) is 0.806. The van der Waals surface area contributed by atoms with Crippen molar-refractivity contribution in [3.8, 4) is 5.75 Å². The minimum absolute atomic E-state index is 0.0993. The van der Waals surface area contributed by atoms with Crippen LogP contribution in [0, 0.1) is 0 Å². The molecule has 0 atom stereocenters. The van der Waals surface area contributed by atoms with Crippen molar-refractivity contribution in [1.82, 2.24) is 4.72 Å². The van der Waals surface area contributed by atoms with Gasteiger partial charge < -0.3 is 9.84 Å². The van der Waals surface area contributed by atoms with Gasteiger partial charge in [0.1, 0.15) is 10.6 Å². The molecule has 7 heteroatoms. The highest BCUT2D eigenvalue weighted by atomic mass is 32.2. The normalized spacial score (nSPS) is 11.2. The summed E-state index contributed by atoms with van der Waals surface area (Å²) in [6.45, 7) is 0.201. The zero-order chi connectivity index (χ0) is 16.9. The lowest BCUT2D eigenvalue weighted by atomic mass is 10.2. The van der Waals surface area contributed by atoms with Gasteiger partial charge in [0.25, 0.3) is 0 Å². The van der Waals surface area contributed by atoms with E-state index in [2.05, 4.69) is 4.72 Å². The third-order valence-corrected chi connectivity index (χ3v) is 4.73. The van der Waals surface area contributed by atoms with Crippen LogP contribution in [0.25, 0.3) is 0 Å². The number of methoxy groups -OCH3 is 1. The van der Waals surface area contributed by atoms with E-state index in [1.165, 1.54) is 19.2 Å². The average molecular weight is 335 g/mol. The number of carboxylic acids is 1. The molecular weight excluding hydrogens is 318 g/mol. The molecule has 0 aliphatic rings. The van der Waals surface area contributed by atoms with E-state index in [9.17, 15) is 13.2 Å². The molecule has 0 unspecified atom stereocenters. The first-order chi connectivity index (χ1) is 10.9. The molecule has 122 valence electrons. The van der Waals surface area contributed by atoms with E-state index >= 15 is 0 Å². The molecule has 0 fully saturated rings. The number of nitrogens with one attached hydrogen (secondary N) is 1. The van der Waals surface area contributed by atoms with Gasteiger partial charge in [0.05, 0.1) is 12.7 Å². The summed E-state index contributed by atoms with van der Waals surface area (Å²) >= 11 is 0. The molecule has 0 amide bonds. The minimum atomic E-state index is -3.87. The maximum absolute atomic E-state index is 12.4. The van der Waals surface area contributed by atoms with Crippen LogP contribution in [0.2, 0.25) is 0 Å². The number of rotatable bonds is 7. The van der Waals surface area contributed by atoms with Gasteiger partial charge in [0, 0.05) is 6.54 Å². The van der Waals surface area contributed by atoms with Crippen LogP contribution in [0.5, 0.6) is 5.75 Å². The molecule has 0 aromatic heterocycles. The van der Waals surface area contributed by atoms with Crippen LogP contribution in [0.3, 0.4) is 0 Å². The molecular formula is C16H17NO5S. The number of benzene rings is 2. The van der Waals surface area contributed by atoms with E-state index in [1.807, 2.05) is 30.3 Å². The highest BCUT2D eigenvalue weighted by molar-refractivity contribution is 7.89. The first-order valence-corrected chi connectivity index (χ1v) is 8.37. The Bertz CT molecular complexity index is 787. The standard InChI is InChI=1S/C16H17NO5S/c1-22-14-8-7-13(16(18)19)11-15(14)23(20,21)17-10-9-12-5-3-2-4-6-12/h2-8,11,17H,9-10H2,1H3,(H,18,19). The second-order valence-electron chi connectivity index (χ2n) is 4.80. The van der Waals surface area contributed by atoms with Crippen LogP contribution in [0.4, 0.5) is 0 Å². The second-order valence-corrected chi connectivity index (χ2v) is 6.54. The van der Waals surface area contributed by atoms with Gasteiger partial charge in [-0.1, -0.05) is 30.3 Å².